The Morgan fingerprint density at radius 2 is 2.18 bits per heavy atom. The topological polar surface area (TPSA) is 94.6 Å². The molecule has 1 aromatic heterocycles. The Morgan fingerprint density at radius 3 is 2.77 bits per heavy atom. The van der Waals surface area contributed by atoms with Crippen molar-refractivity contribution in [2.75, 3.05) is 38.5 Å². The monoisotopic (exact) mass is 305 g/mol. The number of anilines is 1. The predicted octanol–water partition coefficient (Wildman–Crippen LogP) is -0.188. The minimum Gasteiger partial charge on any atom is -0.336 e. The third kappa shape index (κ3) is 4.26. The van der Waals surface area contributed by atoms with Crippen molar-refractivity contribution in [1.29, 1.82) is 0 Å². The van der Waals surface area contributed by atoms with Crippen LogP contribution in [0.1, 0.15) is 5.56 Å². The molecular formula is C14H19N5O3. The summed E-state index contributed by atoms with van der Waals surface area (Å²) in [6, 6.07) is 3.18. The SMILES string of the molecule is Cc1ccc(NC(=O)CN(C)CC(=O)N2CCNC2=O)nc1. The Balaban J connectivity index is 1.79. The molecule has 2 N–H and O–H groups in total. The Hall–Kier alpha value is -2.48. The summed E-state index contributed by atoms with van der Waals surface area (Å²) in [5.74, 6) is -0.120. The molecule has 2 rings (SSSR count). The predicted molar refractivity (Wildman–Crippen MR) is 80.2 cm³/mol. The van der Waals surface area contributed by atoms with Crippen molar-refractivity contribution < 1.29 is 14.4 Å². The van der Waals surface area contributed by atoms with Gasteiger partial charge in [0.15, 0.2) is 0 Å². The van der Waals surface area contributed by atoms with Crippen LogP contribution >= 0.6 is 0 Å². The highest BCUT2D eigenvalue weighted by Gasteiger charge is 2.26. The van der Waals surface area contributed by atoms with Gasteiger partial charge in [-0.15, -0.1) is 0 Å². The Morgan fingerprint density at radius 1 is 1.41 bits per heavy atom. The molecule has 1 saturated heterocycles. The molecule has 8 nitrogen and oxygen atoms in total. The van der Waals surface area contributed by atoms with Crippen molar-refractivity contribution in [2.24, 2.45) is 0 Å². The molecule has 0 atom stereocenters. The molecule has 0 bridgehead atoms. The number of pyridine rings is 1. The van der Waals surface area contributed by atoms with Crippen LogP contribution in [-0.2, 0) is 9.59 Å². The lowest BCUT2D eigenvalue weighted by molar-refractivity contribution is -0.128. The van der Waals surface area contributed by atoms with Gasteiger partial charge in [-0.3, -0.25) is 19.4 Å². The number of carbonyl (C=O) groups is 3. The number of rotatable bonds is 5. The summed E-state index contributed by atoms with van der Waals surface area (Å²) in [6.07, 6.45) is 1.66. The number of aromatic nitrogens is 1. The van der Waals surface area contributed by atoms with E-state index < -0.39 is 0 Å². The minimum atomic E-state index is -0.383. The third-order valence-electron chi connectivity index (χ3n) is 3.16. The molecule has 0 radical (unpaired) electrons. The third-order valence-corrected chi connectivity index (χ3v) is 3.16. The Labute approximate surface area is 128 Å². The molecule has 1 aliphatic heterocycles. The number of nitrogens with one attached hydrogen (secondary N) is 2. The van der Waals surface area contributed by atoms with E-state index in [1.165, 1.54) is 0 Å². The van der Waals surface area contributed by atoms with E-state index in [4.69, 9.17) is 0 Å². The van der Waals surface area contributed by atoms with Gasteiger partial charge in [-0.25, -0.2) is 9.78 Å². The average Bonchev–Trinajstić information content (AvgIpc) is 2.87. The summed E-state index contributed by atoms with van der Waals surface area (Å²) < 4.78 is 0. The molecule has 0 saturated carbocycles. The van der Waals surface area contributed by atoms with Gasteiger partial charge in [0.1, 0.15) is 5.82 Å². The van der Waals surface area contributed by atoms with E-state index >= 15 is 0 Å². The Bertz CT molecular complexity index is 572. The molecule has 4 amide bonds. The lowest BCUT2D eigenvalue weighted by atomic mass is 10.3. The van der Waals surface area contributed by atoms with Gasteiger partial charge in [-0.05, 0) is 25.6 Å². The molecule has 118 valence electrons. The van der Waals surface area contributed by atoms with Crippen molar-refractivity contribution >= 4 is 23.7 Å². The van der Waals surface area contributed by atoms with E-state index in [1.54, 1.807) is 24.2 Å². The van der Waals surface area contributed by atoms with Gasteiger partial charge in [-0.2, -0.15) is 0 Å². The summed E-state index contributed by atoms with van der Waals surface area (Å²) in [6.45, 7) is 2.78. The standard InChI is InChI=1S/C14H19N5O3/c1-10-3-4-11(16-7-10)17-12(20)8-18(2)9-13(21)19-6-5-15-14(19)22/h3-4,7H,5-6,8-9H2,1-2H3,(H,15,22)(H,16,17,20). The summed E-state index contributed by atoms with van der Waals surface area (Å²) in [7, 11) is 1.65. The lowest BCUT2D eigenvalue weighted by Gasteiger charge is -2.18. The van der Waals surface area contributed by atoms with Gasteiger partial charge in [-0.1, -0.05) is 6.07 Å². The first kappa shape index (κ1) is 15.9. The molecule has 2 heterocycles. The van der Waals surface area contributed by atoms with Gasteiger partial charge in [0.25, 0.3) is 0 Å². The van der Waals surface area contributed by atoms with Gasteiger partial charge in [0.2, 0.25) is 11.8 Å². The molecule has 0 spiro atoms. The first-order valence-corrected chi connectivity index (χ1v) is 6.95. The van der Waals surface area contributed by atoms with Crippen LogP contribution in [0.15, 0.2) is 18.3 Å². The smallest absolute Gasteiger partial charge is 0.324 e. The maximum Gasteiger partial charge on any atom is 0.324 e. The van der Waals surface area contributed by atoms with E-state index in [2.05, 4.69) is 15.6 Å². The highest BCUT2D eigenvalue weighted by Crippen LogP contribution is 2.04. The second kappa shape index (κ2) is 6.99. The number of amides is 4. The maximum absolute atomic E-state index is 11.9. The van der Waals surface area contributed by atoms with Crippen LogP contribution in [-0.4, -0.2) is 65.9 Å². The van der Waals surface area contributed by atoms with Crippen LogP contribution in [0.3, 0.4) is 0 Å². The number of imide groups is 1. The number of aryl methyl sites for hydroxylation is 1. The van der Waals surface area contributed by atoms with Crippen LogP contribution in [0, 0.1) is 6.92 Å². The molecule has 1 fully saturated rings. The number of hydrogen-bond donors (Lipinski definition) is 2. The molecular weight excluding hydrogens is 286 g/mol. The zero-order valence-corrected chi connectivity index (χ0v) is 12.6. The summed E-state index contributed by atoms with van der Waals surface area (Å²) in [5.41, 5.74) is 1.00. The van der Waals surface area contributed by atoms with E-state index in [-0.39, 0.29) is 30.9 Å². The number of nitrogens with zero attached hydrogens (tertiary/aromatic N) is 3. The highest BCUT2D eigenvalue weighted by molar-refractivity contribution is 5.97. The largest absolute Gasteiger partial charge is 0.336 e. The van der Waals surface area contributed by atoms with Crippen LogP contribution in [0.4, 0.5) is 10.6 Å². The summed E-state index contributed by atoms with van der Waals surface area (Å²) >= 11 is 0. The summed E-state index contributed by atoms with van der Waals surface area (Å²) in [5, 5.41) is 5.22. The second-order valence-electron chi connectivity index (χ2n) is 5.22. The van der Waals surface area contributed by atoms with Crippen LogP contribution in [0.25, 0.3) is 0 Å². The fourth-order valence-corrected chi connectivity index (χ4v) is 2.05. The zero-order chi connectivity index (χ0) is 16.1. The Kier molecular flexibility index (Phi) is 5.05. The average molecular weight is 305 g/mol. The highest BCUT2D eigenvalue weighted by atomic mass is 16.2. The van der Waals surface area contributed by atoms with Crippen LogP contribution in [0.2, 0.25) is 0 Å². The normalized spacial score (nSPS) is 14.1. The van der Waals surface area contributed by atoms with Crippen molar-refractivity contribution in [3.05, 3.63) is 23.9 Å². The maximum atomic E-state index is 11.9. The van der Waals surface area contributed by atoms with Crippen molar-refractivity contribution in [2.45, 2.75) is 6.92 Å². The number of urea groups is 1. The van der Waals surface area contributed by atoms with Crippen LogP contribution < -0.4 is 10.6 Å². The molecule has 0 aliphatic carbocycles. The van der Waals surface area contributed by atoms with E-state index in [9.17, 15) is 14.4 Å². The zero-order valence-electron chi connectivity index (χ0n) is 12.6. The van der Waals surface area contributed by atoms with Gasteiger partial charge < -0.3 is 10.6 Å². The van der Waals surface area contributed by atoms with Crippen molar-refractivity contribution in [1.82, 2.24) is 20.1 Å². The lowest BCUT2D eigenvalue weighted by Crippen LogP contribution is -2.42. The van der Waals surface area contributed by atoms with Crippen LogP contribution in [0.5, 0.6) is 0 Å². The van der Waals surface area contributed by atoms with E-state index in [1.807, 2.05) is 13.0 Å². The molecule has 0 unspecified atom stereocenters. The minimum absolute atomic E-state index is 0.00215. The summed E-state index contributed by atoms with van der Waals surface area (Å²) in [4.78, 5) is 42.0. The van der Waals surface area contributed by atoms with Gasteiger partial charge >= 0.3 is 6.03 Å². The molecule has 0 aromatic carbocycles. The molecule has 22 heavy (non-hydrogen) atoms. The molecule has 1 aromatic rings. The first-order valence-electron chi connectivity index (χ1n) is 6.95. The molecule has 1 aliphatic rings. The van der Waals surface area contributed by atoms with E-state index in [0.717, 1.165) is 10.5 Å². The quantitative estimate of drug-likeness (QED) is 0.786. The van der Waals surface area contributed by atoms with E-state index in [0.29, 0.717) is 18.9 Å². The fourth-order valence-electron chi connectivity index (χ4n) is 2.05. The first-order chi connectivity index (χ1) is 10.5. The number of hydrogen-bond acceptors (Lipinski definition) is 5. The van der Waals surface area contributed by atoms with Crippen molar-refractivity contribution in [3.63, 3.8) is 0 Å². The fraction of sp³-hybridized carbons (Fsp3) is 0.429. The van der Waals surface area contributed by atoms with Gasteiger partial charge in [0, 0.05) is 19.3 Å². The van der Waals surface area contributed by atoms with Crippen molar-refractivity contribution in [3.8, 4) is 0 Å². The number of carbonyl (C=O) groups excluding carboxylic acids is 3. The second-order valence-corrected chi connectivity index (χ2v) is 5.22. The molecule has 8 heteroatoms. The van der Waals surface area contributed by atoms with Gasteiger partial charge in [0.05, 0.1) is 13.1 Å². The number of likely N-dealkylation sites (N-methyl/N-ethyl adjacent to an activating group) is 1.